The Kier molecular flexibility index (Phi) is 5.97. The predicted octanol–water partition coefficient (Wildman–Crippen LogP) is 6.57. The number of hydrogen-bond donors (Lipinski definition) is 1. The number of carboxylic acid groups (broad SMARTS) is 1. The summed E-state index contributed by atoms with van der Waals surface area (Å²) >= 11 is 0. The van der Waals surface area contributed by atoms with Gasteiger partial charge in [0.2, 0.25) is 0 Å². The highest BCUT2D eigenvalue weighted by atomic mass is 19.4. The van der Waals surface area contributed by atoms with E-state index in [4.69, 9.17) is 5.11 Å². The van der Waals surface area contributed by atoms with Gasteiger partial charge in [0.1, 0.15) is 5.75 Å². The summed E-state index contributed by atoms with van der Waals surface area (Å²) in [5.41, 5.74) is 1.44. The van der Waals surface area contributed by atoms with Crippen molar-refractivity contribution in [1.82, 2.24) is 0 Å². The molecular formula is C22H14F6O3. The highest BCUT2D eigenvalue weighted by molar-refractivity contribution is 5.77. The van der Waals surface area contributed by atoms with Crippen LogP contribution < -0.4 is 4.74 Å². The number of aliphatic carboxylic acids is 1. The van der Waals surface area contributed by atoms with Gasteiger partial charge in [0.05, 0.1) is 12.0 Å². The minimum absolute atomic E-state index is 0.337. The first-order valence-electron chi connectivity index (χ1n) is 8.80. The van der Waals surface area contributed by atoms with Crippen LogP contribution in [0.2, 0.25) is 0 Å². The Labute approximate surface area is 172 Å². The van der Waals surface area contributed by atoms with E-state index in [1.807, 2.05) is 0 Å². The zero-order valence-electron chi connectivity index (χ0n) is 15.6. The summed E-state index contributed by atoms with van der Waals surface area (Å²) in [4.78, 5) is 11.1. The third kappa shape index (κ3) is 6.00. The number of rotatable bonds is 5. The van der Waals surface area contributed by atoms with E-state index < -0.39 is 29.8 Å². The van der Waals surface area contributed by atoms with Crippen LogP contribution in [0.4, 0.5) is 26.3 Å². The quantitative estimate of drug-likeness (QED) is 0.457. The summed E-state index contributed by atoms with van der Waals surface area (Å²) in [6, 6.07) is 14.1. The van der Waals surface area contributed by atoms with Crippen LogP contribution in [-0.2, 0) is 17.4 Å². The van der Waals surface area contributed by atoms with Gasteiger partial charge in [-0.05, 0) is 58.1 Å². The van der Waals surface area contributed by atoms with E-state index in [0.29, 0.717) is 27.8 Å². The van der Waals surface area contributed by atoms with Crippen molar-refractivity contribution in [3.63, 3.8) is 0 Å². The van der Waals surface area contributed by atoms with Gasteiger partial charge in [-0.25, -0.2) is 0 Å². The first kappa shape index (κ1) is 22.2. The van der Waals surface area contributed by atoms with Crippen molar-refractivity contribution in [3.8, 4) is 28.0 Å². The Morgan fingerprint density at radius 2 is 1.23 bits per heavy atom. The summed E-state index contributed by atoms with van der Waals surface area (Å²) < 4.78 is 79.2. The molecule has 0 heterocycles. The molecule has 0 aromatic heterocycles. The second kappa shape index (κ2) is 8.33. The fourth-order valence-electron chi connectivity index (χ4n) is 3.00. The van der Waals surface area contributed by atoms with Crippen molar-refractivity contribution in [1.29, 1.82) is 0 Å². The van der Waals surface area contributed by atoms with Crippen molar-refractivity contribution in [2.45, 2.75) is 19.0 Å². The van der Waals surface area contributed by atoms with Gasteiger partial charge in [-0.15, -0.1) is 13.2 Å². The number of ether oxygens (including phenoxy) is 1. The molecule has 0 spiro atoms. The van der Waals surface area contributed by atoms with Crippen LogP contribution in [0, 0.1) is 0 Å². The van der Waals surface area contributed by atoms with Gasteiger partial charge >= 0.3 is 18.5 Å². The van der Waals surface area contributed by atoms with E-state index in [0.717, 1.165) is 24.3 Å². The van der Waals surface area contributed by atoms with Gasteiger partial charge in [-0.1, -0.05) is 36.4 Å². The van der Waals surface area contributed by atoms with Gasteiger partial charge in [-0.2, -0.15) is 13.2 Å². The molecule has 162 valence electrons. The van der Waals surface area contributed by atoms with Crippen LogP contribution in [0.1, 0.15) is 11.1 Å². The minimum Gasteiger partial charge on any atom is -0.481 e. The highest BCUT2D eigenvalue weighted by Crippen LogP contribution is 2.33. The standard InChI is InChI=1S/C22H14F6O3/c23-21(24,25)18-5-1-14(2-6-18)16-9-13(11-20(29)30)10-17(12-16)15-3-7-19(8-4-15)31-22(26,27)28/h1-10,12H,11H2,(H,29,30). The Hall–Kier alpha value is -3.49. The van der Waals surface area contributed by atoms with Crippen LogP contribution >= 0.6 is 0 Å². The smallest absolute Gasteiger partial charge is 0.481 e. The van der Waals surface area contributed by atoms with Crippen molar-refractivity contribution in [2.75, 3.05) is 0 Å². The molecule has 31 heavy (non-hydrogen) atoms. The molecule has 3 aromatic rings. The summed E-state index contributed by atoms with van der Waals surface area (Å²) in [6.45, 7) is 0. The molecule has 0 unspecified atom stereocenters. The molecule has 0 aliphatic heterocycles. The van der Waals surface area contributed by atoms with Crippen molar-refractivity contribution >= 4 is 5.97 Å². The molecule has 0 radical (unpaired) electrons. The molecule has 1 N–H and O–H groups in total. The molecule has 0 aliphatic carbocycles. The largest absolute Gasteiger partial charge is 0.573 e. The highest BCUT2D eigenvalue weighted by Gasteiger charge is 2.31. The van der Waals surface area contributed by atoms with E-state index in [2.05, 4.69) is 4.74 Å². The van der Waals surface area contributed by atoms with Crippen molar-refractivity contribution < 1.29 is 41.0 Å². The Balaban J connectivity index is 2.00. The summed E-state index contributed by atoms with van der Waals surface area (Å²) in [6.07, 6.45) is -9.66. The molecule has 3 nitrogen and oxygen atoms in total. The molecule has 0 aliphatic rings. The van der Waals surface area contributed by atoms with Gasteiger partial charge in [0.25, 0.3) is 0 Å². The van der Waals surface area contributed by atoms with Gasteiger partial charge in [0, 0.05) is 0 Å². The van der Waals surface area contributed by atoms with E-state index in [1.165, 1.54) is 24.3 Å². The first-order valence-corrected chi connectivity index (χ1v) is 8.80. The van der Waals surface area contributed by atoms with Gasteiger partial charge in [-0.3, -0.25) is 4.79 Å². The summed E-state index contributed by atoms with van der Waals surface area (Å²) in [5, 5.41) is 9.11. The maximum atomic E-state index is 12.8. The molecule has 0 fully saturated rings. The van der Waals surface area contributed by atoms with Gasteiger partial charge < -0.3 is 9.84 Å². The van der Waals surface area contributed by atoms with Crippen LogP contribution in [-0.4, -0.2) is 17.4 Å². The lowest BCUT2D eigenvalue weighted by Gasteiger charge is -2.12. The third-order valence-electron chi connectivity index (χ3n) is 4.31. The van der Waals surface area contributed by atoms with Crippen molar-refractivity contribution in [2.24, 2.45) is 0 Å². The van der Waals surface area contributed by atoms with Crippen LogP contribution in [0.25, 0.3) is 22.3 Å². The van der Waals surface area contributed by atoms with E-state index in [-0.39, 0.29) is 6.42 Å². The second-order valence-corrected chi connectivity index (χ2v) is 6.64. The molecule has 0 saturated carbocycles. The number of hydrogen-bond acceptors (Lipinski definition) is 2. The lowest BCUT2D eigenvalue weighted by Crippen LogP contribution is -2.16. The molecule has 0 atom stereocenters. The third-order valence-corrected chi connectivity index (χ3v) is 4.31. The Morgan fingerprint density at radius 1 is 0.742 bits per heavy atom. The zero-order chi connectivity index (χ0) is 22.8. The fraction of sp³-hybridized carbons (Fsp3) is 0.136. The lowest BCUT2D eigenvalue weighted by atomic mass is 9.94. The van der Waals surface area contributed by atoms with E-state index in [9.17, 15) is 31.1 Å². The summed E-state index contributed by atoms with van der Waals surface area (Å²) in [5.74, 6) is -1.52. The summed E-state index contributed by atoms with van der Waals surface area (Å²) in [7, 11) is 0. The van der Waals surface area contributed by atoms with E-state index in [1.54, 1.807) is 18.2 Å². The monoisotopic (exact) mass is 440 g/mol. The zero-order valence-corrected chi connectivity index (χ0v) is 15.6. The lowest BCUT2D eigenvalue weighted by molar-refractivity contribution is -0.274. The Morgan fingerprint density at radius 3 is 1.65 bits per heavy atom. The Bertz CT molecular complexity index is 1070. The average molecular weight is 440 g/mol. The molecule has 3 aromatic carbocycles. The van der Waals surface area contributed by atoms with Gasteiger partial charge in [0.15, 0.2) is 0 Å². The van der Waals surface area contributed by atoms with Crippen LogP contribution in [0.15, 0.2) is 66.7 Å². The molecule has 9 heteroatoms. The number of carboxylic acids is 1. The van der Waals surface area contributed by atoms with E-state index >= 15 is 0 Å². The van der Waals surface area contributed by atoms with Crippen molar-refractivity contribution in [3.05, 3.63) is 77.9 Å². The minimum atomic E-state index is -4.83. The maximum Gasteiger partial charge on any atom is 0.573 e. The second-order valence-electron chi connectivity index (χ2n) is 6.64. The number of alkyl halides is 6. The SMILES string of the molecule is O=C(O)Cc1cc(-c2ccc(OC(F)(F)F)cc2)cc(-c2ccc(C(F)(F)F)cc2)c1. The maximum absolute atomic E-state index is 12.8. The molecule has 0 saturated heterocycles. The number of carbonyl (C=O) groups is 1. The predicted molar refractivity (Wildman–Crippen MR) is 100 cm³/mol. The van der Waals surface area contributed by atoms with Crippen LogP contribution in [0.3, 0.4) is 0 Å². The normalized spacial score (nSPS) is 11.9. The molecule has 3 rings (SSSR count). The fourth-order valence-corrected chi connectivity index (χ4v) is 3.00. The first-order chi connectivity index (χ1) is 14.4. The number of benzene rings is 3. The molecular weight excluding hydrogens is 426 g/mol. The topological polar surface area (TPSA) is 46.5 Å². The van der Waals surface area contributed by atoms with Crippen LogP contribution in [0.5, 0.6) is 5.75 Å². The molecule has 0 bridgehead atoms. The average Bonchev–Trinajstić information content (AvgIpc) is 2.66. The number of halogens is 6. The molecule has 0 amide bonds.